The fraction of sp³-hybridized carbons (Fsp3) is 0.636. The summed E-state index contributed by atoms with van der Waals surface area (Å²) in [5, 5.41) is 0. The zero-order chi connectivity index (χ0) is 10.8. The van der Waals surface area contributed by atoms with E-state index in [4.69, 9.17) is 9.47 Å². The first-order chi connectivity index (χ1) is 7.22. The van der Waals surface area contributed by atoms with E-state index in [9.17, 15) is 9.59 Å². The molecule has 2 rings (SSSR count). The molecule has 1 saturated heterocycles. The monoisotopic (exact) mass is 294 g/mol. The molecule has 0 unspecified atom stereocenters. The van der Waals surface area contributed by atoms with Crippen molar-refractivity contribution in [3.8, 4) is 0 Å². The van der Waals surface area contributed by atoms with E-state index in [0.717, 1.165) is 19.3 Å². The van der Waals surface area contributed by atoms with Gasteiger partial charge in [-0.1, -0.05) is 0 Å². The Kier molecular flexibility index (Phi) is 5.84. The number of ether oxygens (including phenoxy) is 2. The molecule has 2 fully saturated rings. The predicted octanol–water partition coefficient (Wildman–Crippen LogP) is -2.14. The molecule has 4 nitrogen and oxygen atoms in total. The quantitative estimate of drug-likeness (QED) is 0.339. The number of hydrogen-bond acceptors (Lipinski definition) is 4. The van der Waals surface area contributed by atoms with Crippen molar-refractivity contribution in [3.05, 3.63) is 12.7 Å². The second kappa shape index (κ2) is 6.43. The Morgan fingerprint density at radius 3 is 3.00 bits per heavy atom. The molecule has 5 heteroatoms. The Labute approximate surface area is 144 Å². The third kappa shape index (κ3) is 3.03. The molecular weight excluding hydrogens is 282 g/mol. The Morgan fingerprint density at radius 2 is 2.31 bits per heavy atom. The summed E-state index contributed by atoms with van der Waals surface area (Å²) in [4.78, 5) is 22.3. The second-order valence-electron chi connectivity index (χ2n) is 3.95. The smallest absolute Gasteiger partial charge is 0.489 e. The SMILES string of the molecule is C=[C-]C(=O)OC[C@@H]1C(=O)O[C@@H]2CCC[C@H]12.[Rb+]. The minimum Gasteiger partial charge on any atom is -0.489 e. The Hall–Kier alpha value is 0.485. The van der Waals surface area contributed by atoms with E-state index < -0.39 is 5.97 Å². The van der Waals surface area contributed by atoms with Crippen LogP contribution in [0.3, 0.4) is 0 Å². The normalized spacial score (nSPS) is 31.2. The maximum atomic E-state index is 11.4. The fourth-order valence-corrected chi connectivity index (χ4v) is 2.38. The van der Waals surface area contributed by atoms with Crippen LogP contribution in [-0.4, -0.2) is 24.6 Å². The molecule has 0 spiro atoms. The fourth-order valence-electron chi connectivity index (χ4n) is 2.38. The summed E-state index contributed by atoms with van der Waals surface area (Å²) in [6, 6.07) is 0. The van der Waals surface area contributed by atoms with Crippen LogP contribution < -0.4 is 58.2 Å². The van der Waals surface area contributed by atoms with Crippen molar-refractivity contribution >= 4 is 11.9 Å². The van der Waals surface area contributed by atoms with Gasteiger partial charge in [0.1, 0.15) is 18.7 Å². The zero-order valence-electron chi connectivity index (χ0n) is 9.40. The molecule has 0 radical (unpaired) electrons. The van der Waals surface area contributed by atoms with Crippen LogP contribution in [0.5, 0.6) is 0 Å². The first-order valence-electron chi connectivity index (χ1n) is 5.12. The maximum absolute atomic E-state index is 11.4. The van der Waals surface area contributed by atoms with E-state index >= 15 is 0 Å². The van der Waals surface area contributed by atoms with Crippen molar-refractivity contribution in [2.24, 2.45) is 11.8 Å². The topological polar surface area (TPSA) is 52.6 Å². The summed E-state index contributed by atoms with van der Waals surface area (Å²) in [5.74, 6) is -0.893. The van der Waals surface area contributed by atoms with Gasteiger partial charge in [0.15, 0.2) is 0 Å². The molecule has 0 aromatic heterocycles. The first kappa shape index (κ1) is 14.5. The molecule has 0 amide bonds. The Balaban J connectivity index is 0.00000128. The largest absolute Gasteiger partial charge is 1.00 e. The molecule has 1 heterocycles. The molecule has 1 aliphatic carbocycles. The van der Waals surface area contributed by atoms with E-state index in [1.165, 1.54) is 0 Å². The molecule has 0 aromatic rings. The summed E-state index contributed by atoms with van der Waals surface area (Å²) in [6.07, 6.45) is 5.16. The number of carbonyl (C=O) groups is 2. The van der Waals surface area contributed by atoms with Crippen molar-refractivity contribution in [1.82, 2.24) is 0 Å². The maximum Gasteiger partial charge on any atom is 1.00 e. The van der Waals surface area contributed by atoms with Gasteiger partial charge in [-0.25, -0.2) is 0 Å². The van der Waals surface area contributed by atoms with Crippen LogP contribution in [-0.2, 0) is 19.1 Å². The van der Waals surface area contributed by atoms with E-state index in [0.29, 0.717) is 0 Å². The van der Waals surface area contributed by atoms with Gasteiger partial charge in [-0.15, -0.1) is 0 Å². The zero-order valence-corrected chi connectivity index (χ0v) is 14.3. The van der Waals surface area contributed by atoms with Crippen LogP contribution >= 0.6 is 0 Å². The predicted molar refractivity (Wildman–Crippen MR) is 50.5 cm³/mol. The number of rotatable bonds is 3. The minimum atomic E-state index is -0.607. The van der Waals surface area contributed by atoms with E-state index in [-0.39, 0.29) is 88.7 Å². The van der Waals surface area contributed by atoms with Gasteiger partial charge >= 0.3 is 64.2 Å². The van der Waals surface area contributed by atoms with Gasteiger partial charge in [0.25, 0.3) is 0 Å². The molecule has 16 heavy (non-hydrogen) atoms. The van der Waals surface area contributed by atoms with Gasteiger partial charge in [-0.2, -0.15) is 0 Å². The van der Waals surface area contributed by atoms with Crippen molar-refractivity contribution in [2.45, 2.75) is 25.4 Å². The van der Waals surface area contributed by atoms with Crippen molar-refractivity contribution in [3.63, 3.8) is 0 Å². The summed E-state index contributed by atoms with van der Waals surface area (Å²) in [6.45, 7) is 3.27. The summed E-state index contributed by atoms with van der Waals surface area (Å²) < 4.78 is 10.0. The van der Waals surface area contributed by atoms with E-state index in [1.54, 1.807) is 0 Å². The van der Waals surface area contributed by atoms with Crippen LogP contribution in [0.4, 0.5) is 0 Å². The number of esters is 2. The average molecular weight is 295 g/mol. The van der Waals surface area contributed by atoms with Crippen LogP contribution in [0.2, 0.25) is 0 Å². The molecule has 0 aromatic carbocycles. The molecule has 2 aliphatic rings. The van der Waals surface area contributed by atoms with Gasteiger partial charge in [-0.3, -0.25) is 16.2 Å². The van der Waals surface area contributed by atoms with Gasteiger partial charge in [0, 0.05) is 5.92 Å². The molecule has 1 aliphatic heterocycles. The third-order valence-corrected chi connectivity index (χ3v) is 3.13. The molecule has 82 valence electrons. The molecule has 3 atom stereocenters. The van der Waals surface area contributed by atoms with Gasteiger partial charge in [0.2, 0.25) is 0 Å². The van der Waals surface area contributed by atoms with Gasteiger partial charge in [0.05, 0.1) is 5.92 Å². The van der Waals surface area contributed by atoms with Gasteiger partial charge in [-0.05, 0) is 19.3 Å². The van der Waals surface area contributed by atoms with Gasteiger partial charge < -0.3 is 15.5 Å². The van der Waals surface area contributed by atoms with Crippen LogP contribution in [0.25, 0.3) is 0 Å². The second-order valence-corrected chi connectivity index (χ2v) is 3.95. The minimum absolute atomic E-state index is 0. The molecule has 0 N–H and O–H groups in total. The summed E-state index contributed by atoms with van der Waals surface area (Å²) in [7, 11) is 0. The van der Waals surface area contributed by atoms with Crippen LogP contribution in [0, 0.1) is 17.9 Å². The number of hydrogen-bond donors (Lipinski definition) is 0. The molecular formula is C11H13O4Rb. The first-order valence-corrected chi connectivity index (χ1v) is 5.12. The van der Waals surface area contributed by atoms with Crippen molar-refractivity contribution < 1.29 is 77.3 Å². The standard InChI is InChI=1S/C11H13O4.Rb/c1-2-10(12)14-6-8-7-4-3-5-9(7)15-11(8)13;/h7-9H,1,3-6H2;/q-1;+1/t7-,8+,9-;/m1./s1. The Morgan fingerprint density at radius 1 is 1.56 bits per heavy atom. The van der Waals surface area contributed by atoms with Crippen molar-refractivity contribution in [2.75, 3.05) is 6.61 Å². The van der Waals surface area contributed by atoms with Crippen LogP contribution in [0.1, 0.15) is 19.3 Å². The Bertz CT molecular complexity index is 302. The molecule has 1 saturated carbocycles. The van der Waals surface area contributed by atoms with Crippen molar-refractivity contribution in [1.29, 1.82) is 0 Å². The van der Waals surface area contributed by atoms with Crippen LogP contribution in [0.15, 0.2) is 6.58 Å². The molecule has 0 bridgehead atoms. The third-order valence-electron chi connectivity index (χ3n) is 3.13. The summed E-state index contributed by atoms with van der Waals surface area (Å²) >= 11 is 0. The summed E-state index contributed by atoms with van der Waals surface area (Å²) in [5.41, 5.74) is 0. The van der Waals surface area contributed by atoms with E-state index in [1.807, 2.05) is 0 Å². The van der Waals surface area contributed by atoms with E-state index in [2.05, 4.69) is 12.7 Å². The number of fused-ring (bicyclic) bond motifs is 1. The average Bonchev–Trinajstić information content (AvgIpc) is 2.75. The number of carbonyl (C=O) groups excluding carboxylic acids is 2.